The maximum absolute atomic E-state index is 13.1. The zero-order chi connectivity index (χ0) is 25.4. The van der Waals surface area contributed by atoms with Gasteiger partial charge in [0.05, 0.1) is 11.1 Å². The van der Waals surface area contributed by atoms with Crippen LogP contribution in [-0.2, 0) is 14.2 Å². The first-order chi connectivity index (χ1) is 17.2. The number of hydrogen-bond donors (Lipinski definition) is 0. The molecule has 1 saturated carbocycles. The highest BCUT2D eigenvalue weighted by Crippen LogP contribution is 2.53. The molecule has 0 aromatic heterocycles. The molecule has 6 unspecified atom stereocenters. The molecular weight excluding hydrogens is 458 g/mol. The summed E-state index contributed by atoms with van der Waals surface area (Å²) in [6, 6.07) is 17.7. The van der Waals surface area contributed by atoms with Crippen LogP contribution in [0.1, 0.15) is 67.2 Å². The number of fused-ring (bicyclic) bond motifs is 5. The molecule has 0 radical (unpaired) electrons. The summed E-state index contributed by atoms with van der Waals surface area (Å²) >= 11 is 0. The van der Waals surface area contributed by atoms with E-state index < -0.39 is 29.7 Å². The number of hydrogen-bond acceptors (Lipinski definition) is 6. The van der Waals surface area contributed by atoms with Crippen LogP contribution in [0.4, 0.5) is 4.79 Å². The Kier molecular flexibility index (Phi) is 6.49. The van der Waals surface area contributed by atoms with Crippen LogP contribution >= 0.6 is 0 Å². The molecule has 2 aliphatic heterocycles. The number of ether oxygens (including phenoxy) is 3. The van der Waals surface area contributed by atoms with Gasteiger partial charge >= 0.3 is 18.0 Å². The summed E-state index contributed by atoms with van der Waals surface area (Å²) in [5, 5.41) is 0. The maximum atomic E-state index is 13.1. The van der Waals surface area contributed by atoms with Crippen molar-refractivity contribution in [2.45, 2.75) is 76.3 Å². The monoisotopic (exact) mass is 491 g/mol. The zero-order valence-corrected chi connectivity index (χ0v) is 21.0. The third kappa shape index (κ3) is 4.84. The fourth-order valence-electron chi connectivity index (χ4n) is 6.17. The fraction of sp³-hybridized carbons (Fsp3) is 0.483. The second kappa shape index (κ2) is 9.60. The van der Waals surface area contributed by atoms with Crippen molar-refractivity contribution in [3.8, 4) is 0 Å². The second-order valence-corrected chi connectivity index (χ2v) is 11.0. The van der Waals surface area contributed by atoms with Gasteiger partial charge in [-0.25, -0.2) is 14.4 Å². The van der Waals surface area contributed by atoms with E-state index in [4.69, 9.17) is 14.2 Å². The Morgan fingerprint density at radius 1 is 0.722 bits per heavy atom. The molecule has 7 heteroatoms. The molecule has 1 aliphatic carbocycles. The molecule has 2 heterocycles. The van der Waals surface area contributed by atoms with Crippen LogP contribution in [-0.4, -0.2) is 52.8 Å². The van der Waals surface area contributed by atoms with Gasteiger partial charge in [-0.2, -0.15) is 0 Å². The largest absolute Gasteiger partial charge is 0.455 e. The summed E-state index contributed by atoms with van der Waals surface area (Å²) in [5.74, 6) is -0.549. The third-order valence-corrected chi connectivity index (χ3v) is 7.57. The number of esters is 2. The standard InChI is InChI=1S/C29H33NO6/c1-29(2,3)36-28(33)30-22-14-15-23(30)21-17-25(35-27(32)19-12-8-5-9-13-19)24(16-20(21)22)34-26(31)18-10-6-4-7-11-18/h4-13,20-25H,14-17H2,1-3H3. The molecular formula is C29H33NO6. The molecule has 6 atom stereocenters. The van der Waals surface area contributed by atoms with Crippen molar-refractivity contribution in [3.63, 3.8) is 0 Å². The molecule has 2 saturated heterocycles. The van der Waals surface area contributed by atoms with Crippen LogP contribution in [0.5, 0.6) is 0 Å². The van der Waals surface area contributed by atoms with Crippen LogP contribution in [0.15, 0.2) is 60.7 Å². The van der Waals surface area contributed by atoms with Crippen molar-refractivity contribution in [2.75, 3.05) is 0 Å². The van der Waals surface area contributed by atoms with Crippen LogP contribution in [0.3, 0.4) is 0 Å². The van der Waals surface area contributed by atoms with Crippen molar-refractivity contribution in [2.24, 2.45) is 11.8 Å². The number of nitrogens with zero attached hydrogens (tertiary/aromatic N) is 1. The molecule has 0 N–H and O–H groups in total. The average Bonchev–Trinajstić information content (AvgIpc) is 3.41. The number of benzene rings is 2. The van der Waals surface area contributed by atoms with E-state index in [0.717, 1.165) is 12.8 Å². The molecule has 2 aromatic carbocycles. The second-order valence-electron chi connectivity index (χ2n) is 11.0. The van der Waals surface area contributed by atoms with E-state index in [9.17, 15) is 14.4 Å². The highest BCUT2D eigenvalue weighted by atomic mass is 16.6. The zero-order valence-electron chi connectivity index (χ0n) is 21.0. The van der Waals surface area contributed by atoms with Crippen molar-refractivity contribution in [1.82, 2.24) is 4.90 Å². The van der Waals surface area contributed by atoms with Gasteiger partial charge in [0, 0.05) is 12.1 Å². The van der Waals surface area contributed by atoms with E-state index in [1.165, 1.54) is 0 Å². The van der Waals surface area contributed by atoms with Crippen LogP contribution in [0.2, 0.25) is 0 Å². The predicted molar refractivity (Wildman–Crippen MR) is 132 cm³/mol. The van der Waals surface area contributed by atoms with E-state index in [-0.39, 0.29) is 30.0 Å². The van der Waals surface area contributed by atoms with Gasteiger partial charge in [0.15, 0.2) is 0 Å². The Bertz CT molecular complexity index is 1040. The quantitative estimate of drug-likeness (QED) is 0.429. The van der Waals surface area contributed by atoms with Crippen molar-refractivity contribution in [1.29, 1.82) is 0 Å². The molecule has 3 fully saturated rings. The normalized spacial score (nSPS) is 28.8. The van der Waals surface area contributed by atoms with E-state index in [1.807, 2.05) is 37.8 Å². The Balaban J connectivity index is 1.38. The highest BCUT2D eigenvalue weighted by molar-refractivity contribution is 5.90. The average molecular weight is 492 g/mol. The van der Waals surface area contributed by atoms with Gasteiger partial charge in [0.1, 0.15) is 17.8 Å². The molecule has 5 rings (SSSR count). The van der Waals surface area contributed by atoms with Gasteiger partial charge < -0.3 is 19.1 Å². The van der Waals surface area contributed by atoms with Gasteiger partial charge in [0.2, 0.25) is 0 Å². The Labute approximate surface area is 211 Å². The number of carbonyl (C=O) groups excluding carboxylic acids is 3. The van der Waals surface area contributed by atoms with Gasteiger partial charge in [-0.15, -0.1) is 0 Å². The lowest BCUT2D eigenvalue weighted by molar-refractivity contribution is -0.0758. The van der Waals surface area contributed by atoms with E-state index in [2.05, 4.69) is 0 Å². The minimum atomic E-state index is -0.591. The topological polar surface area (TPSA) is 82.1 Å². The summed E-state index contributed by atoms with van der Waals surface area (Å²) in [5.41, 5.74) is 0.332. The molecule has 7 nitrogen and oxygen atoms in total. The summed E-state index contributed by atoms with van der Waals surface area (Å²) in [6.07, 6.45) is 1.41. The first-order valence-corrected chi connectivity index (χ1v) is 12.7. The summed E-state index contributed by atoms with van der Waals surface area (Å²) in [7, 11) is 0. The molecule has 2 aromatic rings. The molecule has 36 heavy (non-hydrogen) atoms. The molecule has 3 aliphatic rings. The van der Waals surface area contributed by atoms with Gasteiger partial charge in [0.25, 0.3) is 0 Å². The van der Waals surface area contributed by atoms with Crippen LogP contribution in [0, 0.1) is 11.8 Å². The lowest BCUT2D eigenvalue weighted by Gasteiger charge is -2.41. The van der Waals surface area contributed by atoms with E-state index in [1.54, 1.807) is 48.5 Å². The highest BCUT2D eigenvalue weighted by Gasteiger charge is 2.59. The number of carbonyl (C=O) groups is 3. The first-order valence-electron chi connectivity index (χ1n) is 12.7. The smallest absolute Gasteiger partial charge is 0.410 e. The lowest BCUT2D eigenvalue weighted by Crippen LogP contribution is -2.47. The molecule has 190 valence electrons. The Hall–Kier alpha value is -3.35. The maximum Gasteiger partial charge on any atom is 0.410 e. The SMILES string of the molecule is CC(C)(C)OC(=O)N1C2CCC1C1CC(OC(=O)c3ccccc3)C(OC(=O)c3ccccc3)CC12. The Morgan fingerprint density at radius 2 is 1.14 bits per heavy atom. The van der Waals surface area contributed by atoms with Gasteiger partial charge in [-0.3, -0.25) is 0 Å². The van der Waals surface area contributed by atoms with Crippen molar-refractivity contribution < 1.29 is 28.6 Å². The minimum Gasteiger partial charge on any atom is -0.455 e. The summed E-state index contributed by atoms with van der Waals surface area (Å²) < 4.78 is 17.7. The lowest BCUT2D eigenvalue weighted by atomic mass is 9.69. The van der Waals surface area contributed by atoms with E-state index in [0.29, 0.717) is 24.0 Å². The molecule has 0 spiro atoms. The fourth-order valence-corrected chi connectivity index (χ4v) is 6.17. The predicted octanol–water partition coefficient (Wildman–Crippen LogP) is 5.25. The first kappa shape index (κ1) is 24.3. The van der Waals surface area contributed by atoms with Gasteiger partial charge in [-0.05, 0) is 82.6 Å². The van der Waals surface area contributed by atoms with Crippen molar-refractivity contribution >= 4 is 18.0 Å². The summed E-state index contributed by atoms with van der Waals surface area (Å²) in [4.78, 5) is 40.9. The van der Waals surface area contributed by atoms with Crippen molar-refractivity contribution in [3.05, 3.63) is 71.8 Å². The van der Waals surface area contributed by atoms with Crippen LogP contribution in [0.25, 0.3) is 0 Å². The summed E-state index contributed by atoms with van der Waals surface area (Å²) in [6.45, 7) is 5.61. The van der Waals surface area contributed by atoms with E-state index >= 15 is 0 Å². The Morgan fingerprint density at radius 3 is 1.53 bits per heavy atom. The molecule has 1 amide bonds. The number of amides is 1. The van der Waals surface area contributed by atoms with Gasteiger partial charge in [-0.1, -0.05) is 36.4 Å². The van der Waals surface area contributed by atoms with Crippen LogP contribution < -0.4 is 0 Å². The molecule has 2 bridgehead atoms. The minimum absolute atomic E-state index is 0.0403. The number of rotatable bonds is 4. The third-order valence-electron chi connectivity index (χ3n) is 7.57.